The van der Waals surface area contributed by atoms with Crippen molar-refractivity contribution in [3.8, 4) is 0 Å². The van der Waals surface area contributed by atoms with Crippen molar-refractivity contribution in [3.05, 3.63) is 69.3 Å². The first-order chi connectivity index (χ1) is 23.4. The summed E-state index contributed by atoms with van der Waals surface area (Å²) >= 11 is 6.56. The second-order valence-corrected chi connectivity index (χ2v) is 20.3. The van der Waals surface area contributed by atoms with Crippen LogP contribution < -0.4 is 10.9 Å². The molecule has 1 N–H and O–H groups in total. The lowest BCUT2D eigenvalue weighted by atomic mass is 10.1. The Kier molecular flexibility index (Phi) is 14.4. The van der Waals surface area contributed by atoms with E-state index in [-0.39, 0.29) is 48.8 Å². The van der Waals surface area contributed by atoms with E-state index in [0.29, 0.717) is 29.6 Å². The van der Waals surface area contributed by atoms with Crippen LogP contribution in [0.3, 0.4) is 0 Å². The summed E-state index contributed by atoms with van der Waals surface area (Å²) in [5.74, 6) is -1.20. The number of nitrogens with one attached hydrogen (secondary N) is 1. The summed E-state index contributed by atoms with van der Waals surface area (Å²) in [6.07, 6.45) is 3.07. The molecule has 0 aliphatic heterocycles. The van der Waals surface area contributed by atoms with Crippen molar-refractivity contribution in [1.29, 1.82) is 0 Å². The number of aromatic nitrogens is 3. The zero-order valence-electron chi connectivity index (χ0n) is 30.5. The molecule has 0 spiro atoms. The number of anilines is 1. The number of allylic oxidation sites excluding steroid dienone is 1. The summed E-state index contributed by atoms with van der Waals surface area (Å²) in [4.78, 5) is 58.5. The van der Waals surface area contributed by atoms with Gasteiger partial charge in [-0.2, -0.15) is 0 Å². The summed E-state index contributed by atoms with van der Waals surface area (Å²) in [7, 11) is 4.81. The van der Waals surface area contributed by atoms with Crippen LogP contribution in [0, 0.1) is 11.7 Å². The number of likely N-dealkylation sites (N-methyl/N-ethyl adjacent to an activating group) is 1. The van der Waals surface area contributed by atoms with Crippen molar-refractivity contribution in [2.24, 2.45) is 5.92 Å². The number of pyridine rings is 2. The van der Waals surface area contributed by atoms with Crippen molar-refractivity contribution in [3.63, 3.8) is 0 Å². The number of fused-ring (bicyclic) bond motifs is 1. The Morgan fingerprint density at radius 3 is 2.42 bits per heavy atom. The summed E-state index contributed by atoms with van der Waals surface area (Å²) in [6, 6.07) is 5.46. The van der Waals surface area contributed by atoms with E-state index in [1.165, 1.54) is 52.9 Å². The SMILES string of the molecule is CC(C)Cc1ncc(F)c2cc(Cn3c(Cl)ccc(NC(=O)[C@H](CC/C=C/C(=O)N(C)C)OC(=O)N(C)C)c3=O)n(COCC[Si](C)(C)C)c12. The van der Waals surface area contributed by atoms with Gasteiger partial charge in [0, 0.05) is 54.0 Å². The number of hydrogen-bond acceptors (Lipinski definition) is 7. The maximum absolute atomic E-state index is 15.2. The van der Waals surface area contributed by atoms with E-state index < -0.39 is 37.6 Å². The molecule has 1 atom stereocenters. The Labute approximate surface area is 299 Å². The average Bonchev–Trinajstić information content (AvgIpc) is 3.39. The molecular formula is C35H50ClFN6O6Si. The third kappa shape index (κ3) is 11.3. The fourth-order valence-electron chi connectivity index (χ4n) is 4.93. The van der Waals surface area contributed by atoms with Gasteiger partial charge in [-0.15, -0.1) is 0 Å². The zero-order valence-corrected chi connectivity index (χ0v) is 32.3. The van der Waals surface area contributed by atoms with Crippen molar-refractivity contribution < 1.29 is 28.2 Å². The molecule has 3 heterocycles. The van der Waals surface area contributed by atoms with E-state index in [2.05, 4.69) is 43.8 Å². The number of rotatable bonds is 16. The Morgan fingerprint density at radius 1 is 1.10 bits per heavy atom. The molecule has 3 aromatic heterocycles. The minimum absolute atomic E-state index is 0.0561. The van der Waals surface area contributed by atoms with Crippen molar-refractivity contribution >= 4 is 54.2 Å². The number of halogens is 2. The highest BCUT2D eigenvalue weighted by molar-refractivity contribution is 6.76. The van der Waals surface area contributed by atoms with Gasteiger partial charge in [-0.1, -0.05) is 51.2 Å². The topological polar surface area (TPSA) is 128 Å². The average molecular weight is 733 g/mol. The second-order valence-electron chi connectivity index (χ2n) is 14.3. The molecule has 0 aliphatic rings. The lowest BCUT2D eigenvalue weighted by Crippen LogP contribution is -2.37. The van der Waals surface area contributed by atoms with Crippen LogP contribution in [0.5, 0.6) is 0 Å². The van der Waals surface area contributed by atoms with Gasteiger partial charge in [0.1, 0.15) is 17.6 Å². The minimum atomic E-state index is -1.38. The summed E-state index contributed by atoms with van der Waals surface area (Å²) < 4.78 is 29.9. The number of ether oxygens (including phenoxy) is 2. The Bertz CT molecular complexity index is 1760. The molecule has 0 fully saturated rings. The summed E-state index contributed by atoms with van der Waals surface area (Å²) in [5.41, 5.74) is 1.18. The van der Waals surface area contributed by atoms with Gasteiger partial charge in [0.05, 0.1) is 24.0 Å². The fourth-order valence-corrected chi connectivity index (χ4v) is 5.89. The molecule has 0 aromatic carbocycles. The van der Waals surface area contributed by atoms with Crippen LogP contribution in [0.4, 0.5) is 14.9 Å². The number of hydrogen-bond donors (Lipinski definition) is 1. The van der Waals surface area contributed by atoms with Gasteiger partial charge in [0.2, 0.25) is 5.91 Å². The molecule has 274 valence electrons. The van der Waals surface area contributed by atoms with Crippen molar-refractivity contribution in [1.82, 2.24) is 23.9 Å². The lowest BCUT2D eigenvalue weighted by molar-refractivity contribution is -0.125. The molecule has 3 amide bonds. The van der Waals surface area contributed by atoms with Gasteiger partial charge < -0.3 is 29.2 Å². The van der Waals surface area contributed by atoms with E-state index in [1.807, 2.05) is 4.57 Å². The van der Waals surface area contributed by atoms with Crippen LogP contribution in [0.1, 0.15) is 38.1 Å². The highest BCUT2D eigenvalue weighted by Crippen LogP contribution is 2.28. The molecule has 0 saturated heterocycles. The van der Waals surface area contributed by atoms with E-state index in [4.69, 9.17) is 21.1 Å². The molecule has 50 heavy (non-hydrogen) atoms. The Balaban J connectivity index is 1.97. The molecule has 0 aliphatic carbocycles. The van der Waals surface area contributed by atoms with Crippen LogP contribution in [0.25, 0.3) is 10.9 Å². The third-order valence-corrected chi connectivity index (χ3v) is 9.80. The van der Waals surface area contributed by atoms with E-state index in [9.17, 15) is 19.2 Å². The first kappa shape index (κ1) is 40.4. The standard InChI is InChI=1S/C35H50ClFN6O6Si/c1-23(2)18-28-32-25(26(37)20-38-28)19-24(43(32)22-48-16-17-50(7,8)9)21-42-30(36)15-14-27(34(42)46)39-33(45)29(49-35(47)41(5)6)12-10-11-13-31(44)40(3)4/h11,13-15,19-20,23,29H,10,12,16-18,21-22H2,1-9H3,(H,39,45)/b13-11+/t29-/m0/s1. The lowest BCUT2D eigenvalue weighted by Gasteiger charge is -2.20. The molecule has 15 heteroatoms. The smallest absolute Gasteiger partial charge is 0.410 e. The molecule has 3 aromatic rings. The first-order valence-corrected chi connectivity index (χ1v) is 20.7. The highest BCUT2D eigenvalue weighted by atomic mass is 35.5. The maximum atomic E-state index is 15.2. The van der Waals surface area contributed by atoms with Crippen molar-refractivity contribution in [2.75, 3.05) is 40.1 Å². The number of amides is 3. The van der Waals surface area contributed by atoms with E-state index >= 15 is 4.39 Å². The molecule has 0 radical (unpaired) electrons. The Morgan fingerprint density at radius 2 is 1.80 bits per heavy atom. The molecule has 0 saturated carbocycles. The van der Waals surface area contributed by atoms with E-state index in [0.717, 1.165) is 11.7 Å². The Hall–Kier alpha value is -4.01. The number of carbonyl (C=O) groups excluding carboxylic acids is 3. The maximum Gasteiger partial charge on any atom is 0.410 e. The van der Waals surface area contributed by atoms with E-state index in [1.54, 1.807) is 26.2 Å². The molecule has 0 bridgehead atoms. The van der Waals surface area contributed by atoms with Crippen LogP contribution in [0.15, 0.2) is 41.3 Å². The van der Waals surface area contributed by atoms with Gasteiger partial charge in [-0.3, -0.25) is 23.9 Å². The van der Waals surface area contributed by atoms with Gasteiger partial charge in [0.15, 0.2) is 11.9 Å². The summed E-state index contributed by atoms with van der Waals surface area (Å²) in [5, 5.41) is 3.04. The third-order valence-electron chi connectivity index (χ3n) is 7.76. The van der Waals surface area contributed by atoms with Gasteiger partial charge in [-0.05, 0) is 55.5 Å². The second kappa shape index (κ2) is 17.8. The van der Waals surface area contributed by atoms with Crippen LogP contribution in [0.2, 0.25) is 30.8 Å². The van der Waals surface area contributed by atoms with Gasteiger partial charge in [-0.25, -0.2) is 9.18 Å². The fraction of sp³-hybridized carbons (Fsp3) is 0.514. The van der Waals surface area contributed by atoms with Gasteiger partial charge >= 0.3 is 6.09 Å². The zero-order chi connectivity index (χ0) is 37.3. The quantitative estimate of drug-likeness (QED) is 0.0831. The molecule has 12 nitrogen and oxygen atoms in total. The minimum Gasteiger partial charge on any atom is -0.436 e. The first-order valence-electron chi connectivity index (χ1n) is 16.6. The molecule has 0 unspecified atom stereocenters. The van der Waals surface area contributed by atoms with Crippen molar-refractivity contribution in [2.45, 2.75) is 78.2 Å². The number of carbonyl (C=O) groups is 3. The van der Waals surface area contributed by atoms with Gasteiger partial charge in [0.25, 0.3) is 11.5 Å². The van der Waals surface area contributed by atoms with Crippen LogP contribution in [-0.2, 0) is 38.8 Å². The normalized spacial score (nSPS) is 12.5. The predicted octanol–water partition coefficient (Wildman–Crippen LogP) is 5.98. The monoisotopic (exact) mass is 732 g/mol. The van der Waals surface area contributed by atoms with Crippen LogP contribution >= 0.6 is 11.6 Å². The number of nitrogens with zero attached hydrogens (tertiary/aromatic N) is 5. The molecular weight excluding hydrogens is 683 g/mol. The largest absolute Gasteiger partial charge is 0.436 e. The molecule has 3 rings (SSSR count). The highest BCUT2D eigenvalue weighted by Gasteiger charge is 2.25. The summed E-state index contributed by atoms with van der Waals surface area (Å²) in [6.45, 7) is 11.5. The predicted molar refractivity (Wildman–Crippen MR) is 197 cm³/mol. The van der Waals surface area contributed by atoms with Crippen LogP contribution in [-0.4, -0.2) is 90.8 Å².